The second-order valence-corrected chi connectivity index (χ2v) is 33.5. The number of carbonyl (C=O) groups is 1. The van der Waals surface area contributed by atoms with Crippen molar-refractivity contribution in [1.82, 2.24) is 9.97 Å². The second kappa shape index (κ2) is 38.1. The zero-order valence-electron chi connectivity index (χ0n) is 54.2. The Kier molecular flexibility index (Phi) is 31.0. The highest BCUT2D eigenvalue weighted by Gasteiger charge is 2.29. The normalized spacial score (nSPS) is 12.7. The number of nitrogens with zero attached hydrogens (tertiary/aromatic N) is 2. The Hall–Kier alpha value is -2.19. The molecule has 4 nitrogen and oxygen atoms in total. The molecule has 0 amide bonds. The highest BCUT2D eigenvalue weighted by atomic mass is 35.5. The average Bonchev–Trinajstić information content (AvgIpc) is 1.64. The number of carbonyl (C=O) groups excluding carboxylic acids is 1. The zero-order chi connectivity index (χ0) is 61.3. The van der Waals surface area contributed by atoms with Gasteiger partial charge in [-0.05, 0) is 80.2 Å². The third-order valence-corrected chi connectivity index (χ3v) is 27.7. The molecule has 87 heavy (non-hydrogen) atoms. The standard InChI is InChI=1S/C74H104Cl2N2O2S7/c1-8-14-20-24-26-28-30-32-36-42-53-65(50-79)83-61-48-63(84-70(53)61)72-68-69(73(87-72)64-49-62-71(85-64)54(74(80-7)86-62)43-37-33-31-29-27-25-21-15-9-2)78-67(60-47-56(76)58(82-60)45-52(39-19-13-6)41-35-23-17-11-4)66(77-68)59-46-55(75)57(81-59)44-51(38-18-12-5)40-34-22-16-10-3/h46-52H,8-45H2,1-7H3. The molecule has 8 aromatic heterocycles. The number of aldehydes is 1. The summed E-state index contributed by atoms with van der Waals surface area (Å²) < 4.78 is 11.3. The van der Waals surface area contributed by atoms with Crippen molar-refractivity contribution in [1.29, 1.82) is 0 Å². The first kappa shape index (κ1) is 70.7. The van der Waals surface area contributed by atoms with Gasteiger partial charge < -0.3 is 4.74 Å². The van der Waals surface area contributed by atoms with Crippen molar-refractivity contribution in [2.75, 3.05) is 7.11 Å². The number of halogens is 2. The predicted octanol–water partition coefficient (Wildman–Crippen LogP) is 28.9. The lowest BCUT2D eigenvalue weighted by Crippen LogP contribution is -2.04. The second-order valence-electron chi connectivity index (χ2n) is 25.2. The molecule has 13 heteroatoms. The van der Waals surface area contributed by atoms with E-state index in [1.165, 1.54) is 266 Å². The molecule has 478 valence electrons. The molecule has 0 saturated heterocycles. The van der Waals surface area contributed by atoms with Gasteiger partial charge in [0.05, 0.1) is 46.2 Å². The van der Waals surface area contributed by atoms with Crippen LogP contribution < -0.4 is 4.74 Å². The van der Waals surface area contributed by atoms with E-state index in [0.29, 0.717) is 11.8 Å². The van der Waals surface area contributed by atoms with Crippen LogP contribution in [-0.2, 0) is 25.7 Å². The Bertz CT molecular complexity index is 3290. The van der Waals surface area contributed by atoms with E-state index < -0.39 is 0 Å². The van der Waals surface area contributed by atoms with Gasteiger partial charge in [-0.1, -0.05) is 282 Å². The Morgan fingerprint density at radius 2 is 0.805 bits per heavy atom. The summed E-state index contributed by atoms with van der Waals surface area (Å²) in [7, 11) is 1.85. The van der Waals surface area contributed by atoms with E-state index in [-0.39, 0.29) is 0 Å². The molecule has 0 saturated carbocycles. The van der Waals surface area contributed by atoms with Gasteiger partial charge >= 0.3 is 0 Å². The van der Waals surface area contributed by atoms with Gasteiger partial charge in [0.25, 0.3) is 0 Å². The van der Waals surface area contributed by atoms with Crippen LogP contribution in [-0.4, -0.2) is 23.4 Å². The molecular formula is C74H104Cl2N2O2S7. The van der Waals surface area contributed by atoms with Crippen molar-refractivity contribution in [3.63, 3.8) is 0 Å². The van der Waals surface area contributed by atoms with Crippen LogP contribution in [0.5, 0.6) is 5.06 Å². The number of ether oxygens (including phenoxy) is 1. The summed E-state index contributed by atoms with van der Waals surface area (Å²) in [5.74, 6) is 1.21. The molecule has 8 aromatic rings. The highest BCUT2D eigenvalue weighted by molar-refractivity contribution is 7.35. The summed E-state index contributed by atoms with van der Waals surface area (Å²) in [4.78, 5) is 35.1. The fourth-order valence-electron chi connectivity index (χ4n) is 12.9. The number of aromatic nitrogens is 2. The van der Waals surface area contributed by atoms with E-state index in [9.17, 15) is 4.79 Å². The SMILES string of the molecule is CCCCCCCCCCCc1c(C=O)sc2cc(-c3sc(-c4cc5sc(OC)c(CCCCCCCCCCC)c5s4)c4nc(-c5cc(Cl)c(CC(CCCC)CCCCCC)s5)c(-c5cc(Cl)c(CC(CCCC)CCCCCC)s5)nc34)sc12. The third-order valence-electron chi connectivity index (χ3n) is 18.0. The number of rotatable bonds is 46. The largest absolute Gasteiger partial charge is 0.487 e. The van der Waals surface area contributed by atoms with E-state index in [1.54, 1.807) is 22.7 Å². The average molecular weight is 1350 g/mol. The fourth-order valence-corrected chi connectivity index (χ4v) is 22.4. The molecule has 2 unspecified atom stereocenters. The van der Waals surface area contributed by atoms with Crippen LogP contribution in [0.2, 0.25) is 10.0 Å². The van der Waals surface area contributed by atoms with Crippen molar-refractivity contribution in [2.24, 2.45) is 11.8 Å². The van der Waals surface area contributed by atoms with Gasteiger partial charge in [-0.15, -0.1) is 68.0 Å². The number of aryl methyl sites for hydroxylation is 2. The Balaban J connectivity index is 1.24. The first-order valence-corrected chi connectivity index (χ1v) is 41.2. The monoisotopic (exact) mass is 1350 g/mol. The van der Waals surface area contributed by atoms with Gasteiger partial charge in [-0.3, -0.25) is 4.79 Å². The van der Waals surface area contributed by atoms with E-state index >= 15 is 0 Å². The molecule has 0 aliphatic carbocycles. The number of hydrogen-bond acceptors (Lipinski definition) is 11. The highest BCUT2D eigenvalue weighted by Crippen LogP contribution is 2.54. The van der Waals surface area contributed by atoms with E-state index in [0.717, 1.165) is 95.4 Å². The number of unbranched alkanes of at least 4 members (excludes halogenated alkanes) is 24. The van der Waals surface area contributed by atoms with E-state index in [2.05, 4.69) is 65.8 Å². The fraction of sp³-hybridized carbons (Fsp3) is 0.635. The summed E-state index contributed by atoms with van der Waals surface area (Å²) in [5, 5.41) is 2.77. The maximum absolute atomic E-state index is 12.8. The lowest BCUT2D eigenvalue weighted by Gasteiger charge is -2.16. The molecule has 0 fully saturated rings. The molecule has 0 bridgehead atoms. The van der Waals surface area contributed by atoms with Crippen LogP contribution in [0.15, 0.2) is 24.3 Å². The van der Waals surface area contributed by atoms with Crippen molar-refractivity contribution >= 4 is 139 Å². The first-order valence-electron chi connectivity index (χ1n) is 34.7. The Labute approximate surface area is 563 Å². The van der Waals surface area contributed by atoms with Gasteiger partial charge in [0, 0.05) is 39.2 Å². The predicted molar refractivity (Wildman–Crippen MR) is 396 cm³/mol. The number of methoxy groups -OCH3 is 1. The zero-order valence-corrected chi connectivity index (χ0v) is 61.5. The topological polar surface area (TPSA) is 52.1 Å². The van der Waals surface area contributed by atoms with Crippen LogP contribution in [0.25, 0.3) is 70.5 Å². The summed E-state index contributed by atoms with van der Waals surface area (Å²) in [6, 6.07) is 9.21. The molecule has 8 heterocycles. The third kappa shape index (κ3) is 19.9. The lowest BCUT2D eigenvalue weighted by molar-refractivity contribution is 0.112. The summed E-state index contributed by atoms with van der Waals surface area (Å²) in [6.07, 6.45) is 48.6. The molecule has 0 aliphatic rings. The van der Waals surface area contributed by atoms with Crippen LogP contribution in [0.4, 0.5) is 0 Å². The minimum absolute atomic E-state index is 0.606. The van der Waals surface area contributed by atoms with E-state index in [4.69, 9.17) is 37.9 Å². The number of thiophene rings is 7. The lowest BCUT2D eigenvalue weighted by atomic mass is 9.92. The van der Waals surface area contributed by atoms with Crippen LogP contribution in [0, 0.1) is 11.8 Å². The summed E-state index contributed by atoms with van der Waals surface area (Å²) >= 11 is 27.7. The molecule has 0 N–H and O–H groups in total. The summed E-state index contributed by atoms with van der Waals surface area (Å²) in [6.45, 7) is 13.8. The number of hydrogen-bond donors (Lipinski definition) is 0. The van der Waals surface area contributed by atoms with Gasteiger partial charge in [-0.25, -0.2) is 9.97 Å². The first-order chi connectivity index (χ1) is 42.7. The molecule has 0 spiro atoms. The Morgan fingerprint density at radius 3 is 1.23 bits per heavy atom. The minimum Gasteiger partial charge on any atom is -0.487 e. The molecule has 0 aromatic carbocycles. The molecule has 0 aliphatic heterocycles. The van der Waals surface area contributed by atoms with Crippen LogP contribution in [0.3, 0.4) is 0 Å². The smallest absolute Gasteiger partial charge is 0.178 e. The minimum atomic E-state index is 0.606. The number of fused-ring (bicyclic) bond motifs is 3. The van der Waals surface area contributed by atoms with E-state index in [1.807, 2.05) is 63.8 Å². The van der Waals surface area contributed by atoms with Crippen LogP contribution >= 0.6 is 103 Å². The van der Waals surface area contributed by atoms with Crippen molar-refractivity contribution < 1.29 is 9.53 Å². The van der Waals surface area contributed by atoms with Crippen molar-refractivity contribution in [3.05, 3.63) is 60.1 Å². The van der Waals surface area contributed by atoms with Gasteiger partial charge in [-0.2, -0.15) is 0 Å². The maximum Gasteiger partial charge on any atom is 0.178 e. The molecule has 0 radical (unpaired) electrons. The summed E-state index contributed by atoms with van der Waals surface area (Å²) in [5.41, 5.74) is 6.30. The maximum atomic E-state index is 12.8. The van der Waals surface area contributed by atoms with Crippen LogP contribution in [0.1, 0.15) is 290 Å². The van der Waals surface area contributed by atoms with Gasteiger partial charge in [0.15, 0.2) is 11.3 Å². The quantitative estimate of drug-likeness (QED) is 0.0282. The molecule has 2 atom stereocenters. The van der Waals surface area contributed by atoms with Gasteiger partial charge in [0.1, 0.15) is 22.4 Å². The van der Waals surface area contributed by atoms with Gasteiger partial charge in [0.2, 0.25) is 0 Å². The van der Waals surface area contributed by atoms with Crippen molar-refractivity contribution in [2.45, 2.75) is 286 Å². The molecular weight excluding hydrogens is 1240 g/mol. The van der Waals surface area contributed by atoms with Crippen molar-refractivity contribution in [3.8, 4) is 45.7 Å². The molecule has 8 rings (SSSR count). The Morgan fingerprint density at radius 1 is 0.425 bits per heavy atom.